The second-order valence-electron chi connectivity index (χ2n) is 6.13. The van der Waals surface area contributed by atoms with Crippen LogP contribution in [-0.4, -0.2) is 30.4 Å². The number of amides is 1. The van der Waals surface area contributed by atoms with Crippen molar-refractivity contribution >= 4 is 5.91 Å². The number of nitrogens with zero attached hydrogens (tertiary/aromatic N) is 1. The van der Waals surface area contributed by atoms with E-state index in [1.807, 2.05) is 11.0 Å². The molecule has 3 nitrogen and oxygen atoms in total. The molecule has 3 rings (SSSR count). The summed E-state index contributed by atoms with van der Waals surface area (Å²) >= 11 is 0. The molecule has 0 saturated heterocycles. The SMILES string of the molecule is NCCN(CCc1ccccc1)C(=O)C1C2CCCC21. The predicted molar refractivity (Wildman–Crippen MR) is 80.1 cm³/mol. The van der Waals surface area contributed by atoms with Crippen LogP contribution >= 0.6 is 0 Å². The Labute approximate surface area is 121 Å². The van der Waals surface area contributed by atoms with Crippen molar-refractivity contribution in [1.29, 1.82) is 0 Å². The topological polar surface area (TPSA) is 46.3 Å². The summed E-state index contributed by atoms with van der Waals surface area (Å²) in [6, 6.07) is 10.4. The van der Waals surface area contributed by atoms with Crippen molar-refractivity contribution in [2.24, 2.45) is 23.5 Å². The third-order valence-electron chi connectivity index (χ3n) is 4.92. The van der Waals surface area contributed by atoms with Gasteiger partial charge in [0.15, 0.2) is 0 Å². The van der Waals surface area contributed by atoms with Crippen molar-refractivity contribution in [2.75, 3.05) is 19.6 Å². The number of hydrogen-bond donors (Lipinski definition) is 1. The summed E-state index contributed by atoms with van der Waals surface area (Å²) in [6.45, 7) is 2.06. The molecule has 1 amide bonds. The molecule has 0 aliphatic heterocycles. The number of nitrogens with two attached hydrogens (primary N) is 1. The molecule has 0 spiro atoms. The fraction of sp³-hybridized carbons (Fsp3) is 0.588. The van der Waals surface area contributed by atoms with Gasteiger partial charge < -0.3 is 10.6 Å². The average molecular weight is 272 g/mol. The van der Waals surface area contributed by atoms with Gasteiger partial charge in [0.05, 0.1) is 0 Å². The van der Waals surface area contributed by atoms with Crippen LogP contribution in [0.25, 0.3) is 0 Å². The van der Waals surface area contributed by atoms with Crippen LogP contribution in [0.3, 0.4) is 0 Å². The lowest BCUT2D eigenvalue weighted by atomic mass is 10.1. The Hall–Kier alpha value is -1.35. The number of benzene rings is 1. The first kappa shape index (κ1) is 13.6. The fourth-order valence-corrected chi connectivity index (χ4v) is 3.80. The molecule has 20 heavy (non-hydrogen) atoms. The van der Waals surface area contributed by atoms with E-state index in [1.165, 1.54) is 24.8 Å². The third kappa shape index (κ3) is 2.73. The Morgan fingerprint density at radius 1 is 1.15 bits per heavy atom. The maximum Gasteiger partial charge on any atom is 0.226 e. The molecule has 2 saturated carbocycles. The molecule has 1 aromatic rings. The molecule has 2 fully saturated rings. The Balaban J connectivity index is 1.56. The summed E-state index contributed by atoms with van der Waals surface area (Å²) in [5.41, 5.74) is 6.97. The van der Waals surface area contributed by atoms with Crippen LogP contribution in [0, 0.1) is 17.8 Å². The van der Waals surface area contributed by atoms with Gasteiger partial charge in [0.1, 0.15) is 0 Å². The third-order valence-corrected chi connectivity index (χ3v) is 4.92. The molecule has 0 heterocycles. The first-order valence-electron chi connectivity index (χ1n) is 7.84. The molecular formula is C17H24N2O. The lowest BCUT2D eigenvalue weighted by Gasteiger charge is -2.23. The molecule has 3 heteroatoms. The highest BCUT2D eigenvalue weighted by atomic mass is 16.2. The van der Waals surface area contributed by atoms with E-state index in [9.17, 15) is 4.79 Å². The molecule has 0 radical (unpaired) electrons. The number of fused-ring (bicyclic) bond motifs is 1. The Morgan fingerprint density at radius 3 is 2.50 bits per heavy atom. The summed E-state index contributed by atoms with van der Waals surface area (Å²) in [5.74, 6) is 2.08. The van der Waals surface area contributed by atoms with E-state index in [1.54, 1.807) is 0 Å². The number of carbonyl (C=O) groups excluding carboxylic acids is 1. The second-order valence-corrected chi connectivity index (χ2v) is 6.13. The van der Waals surface area contributed by atoms with E-state index < -0.39 is 0 Å². The van der Waals surface area contributed by atoms with Crippen molar-refractivity contribution in [1.82, 2.24) is 4.90 Å². The van der Waals surface area contributed by atoms with E-state index in [2.05, 4.69) is 24.3 Å². The normalized spacial score (nSPS) is 27.1. The molecular weight excluding hydrogens is 248 g/mol. The smallest absolute Gasteiger partial charge is 0.226 e. The number of carbonyl (C=O) groups is 1. The zero-order valence-electron chi connectivity index (χ0n) is 12.0. The molecule has 0 aromatic heterocycles. The fourth-order valence-electron chi connectivity index (χ4n) is 3.80. The summed E-state index contributed by atoms with van der Waals surface area (Å²) in [4.78, 5) is 14.6. The van der Waals surface area contributed by atoms with Crippen LogP contribution in [0.1, 0.15) is 24.8 Å². The van der Waals surface area contributed by atoms with Crippen molar-refractivity contribution in [2.45, 2.75) is 25.7 Å². The predicted octanol–water partition coefficient (Wildman–Crippen LogP) is 2.06. The van der Waals surface area contributed by atoms with Crippen molar-refractivity contribution in [3.05, 3.63) is 35.9 Å². The number of rotatable bonds is 6. The van der Waals surface area contributed by atoms with Crippen LogP contribution in [-0.2, 0) is 11.2 Å². The minimum absolute atomic E-state index is 0.325. The minimum Gasteiger partial charge on any atom is -0.341 e. The van der Waals surface area contributed by atoms with Gasteiger partial charge in [-0.2, -0.15) is 0 Å². The molecule has 0 bridgehead atoms. The van der Waals surface area contributed by atoms with Crippen molar-refractivity contribution in [3.63, 3.8) is 0 Å². The summed E-state index contributed by atoms with van der Waals surface area (Å²) < 4.78 is 0. The summed E-state index contributed by atoms with van der Waals surface area (Å²) in [6.07, 6.45) is 4.76. The zero-order valence-corrected chi connectivity index (χ0v) is 12.0. The lowest BCUT2D eigenvalue weighted by molar-refractivity contribution is -0.133. The van der Waals surface area contributed by atoms with Gasteiger partial charge in [0.2, 0.25) is 5.91 Å². The first-order valence-corrected chi connectivity index (χ1v) is 7.84. The van der Waals surface area contributed by atoms with Crippen molar-refractivity contribution in [3.8, 4) is 0 Å². The minimum atomic E-state index is 0.325. The van der Waals surface area contributed by atoms with Crippen LogP contribution in [0.5, 0.6) is 0 Å². The monoisotopic (exact) mass is 272 g/mol. The van der Waals surface area contributed by atoms with Gasteiger partial charge in [-0.3, -0.25) is 4.79 Å². The standard InChI is InChI=1S/C17H24N2O/c18-10-12-19(11-9-13-5-2-1-3-6-13)17(20)16-14-7-4-8-15(14)16/h1-3,5-6,14-16H,4,7-12,18H2. The van der Waals surface area contributed by atoms with Gasteiger partial charge in [-0.25, -0.2) is 0 Å². The van der Waals surface area contributed by atoms with Gasteiger partial charge in [0.25, 0.3) is 0 Å². The molecule has 2 N–H and O–H groups in total. The molecule has 2 aliphatic carbocycles. The highest BCUT2D eigenvalue weighted by Gasteiger charge is 2.57. The van der Waals surface area contributed by atoms with E-state index in [4.69, 9.17) is 5.73 Å². The maximum absolute atomic E-state index is 12.6. The second kappa shape index (κ2) is 5.96. The summed E-state index contributed by atoms with van der Waals surface area (Å²) in [5, 5.41) is 0. The quantitative estimate of drug-likeness (QED) is 0.861. The lowest BCUT2D eigenvalue weighted by Crippen LogP contribution is -2.38. The van der Waals surface area contributed by atoms with Crippen LogP contribution in [0.2, 0.25) is 0 Å². The van der Waals surface area contributed by atoms with Gasteiger partial charge in [-0.15, -0.1) is 0 Å². The van der Waals surface area contributed by atoms with E-state index >= 15 is 0 Å². The van der Waals surface area contributed by atoms with E-state index in [0.717, 1.165) is 13.0 Å². The summed E-state index contributed by atoms with van der Waals surface area (Å²) in [7, 11) is 0. The van der Waals surface area contributed by atoms with Crippen LogP contribution in [0.4, 0.5) is 0 Å². The van der Waals surface area contributed by atoms with Gasteiger partial charge in [-0.1, -0.05) is 36.8 Å². The molecule has 2 unspecified atom stereocenters. The van der Waals surface area contributed by atoms with Gasteiger partial charge in [0, 0.05) is 25.6 Å². The van der Waals surface area contributed by atoms with Gasteiger partial charge >= 0.3 is 0 Å². The number of hydrogen-bond acceptors (Lipinski definition) is 2. The highest BCUT2D eigenvalue weighted by Crippen LogP contribution is 2.58. The molecule has 2 aliphatic rings. The molecule has 1 aromatic carbocycles. The van der Waals surface area contributed by atoms with E-state index in [0.29, 0.717) is 36.8 Å². The largest absolute Gasteiger partial charge is 0.341 e. The first-order chi connectivity index (χ1) is 9.81. The maximum atomic E-state index is 12.6. The molecule has 108 valence electrons. The highest BCUT2D eigenvalue weighted by molar-refractivity contribution is 5.82. The van der Waals surface area contributed by atoms with Gasteiger partial charge in [-0.05, 0) is 36.7 Å². The Kier molecular flexibility index (Phi) is 4.06. The van der Waals surface area contributed by atoms with Crippen LogP contribution in [0.15, 0.2) is 30.3 Å². The molecule has 2 atom stereocenters. The van der Waals surface area contributed by atoms with E-state index in [-0.39, 0.29) is 0 Å². The zero-order chi connectivity index (χ0) is 13.9. The average Bonchev–Trinajstić information content (AvgIpc) is 2.96. The van der Waals surface area contributed by atoms with Crippen molar-refractivity contribution < 1.29 is 4.79 Å². The Morgan fingerprint density at radius 2 is 1.85 bits per heavy atom. The Bertz CT molecular complexity index is 449. The van der Waals surface area contributed by atoms with Crippen LogP contribution < -0.4 is 5.73 Å².